The Morgan fingerprint density at radius 2 is 1.79 bits per heavy atom. The second-order valence-corrected chi connectivity index (χ2v) is 7.31. The third-order valence-electron chi connectivity index (χ3n) is 3.77. The molecule has 0 aliphatic carbocycles. The summed E-state index contributed by atoms with van der Waals surface area (Å²) in [7, 11) is 0. The molecule has 0 fully saturated rings. The lowest BCUT2D eigenvalue weighted by molar-refractivity contribution is -0.119. The van der Waals surface area contributed by atoms with Crippen molar-refractivity contribution in [3.05, 3.63) is 50.8 Å². The van der Waals surface area contributed by atoms with E-state index in [1.165, 1.54) is 11.8 Å². The fraction of sp³-hybridized carbons (Fsp3) is 0.353. The van der Waals surface area contributed by atoms with Crippen LogP contribution in [0.3, 0.4) is 0 Å². The summed E-state index contributed by atoms with van der Waals surface area (Å²) in [5, 5.41) is 4.53. The molecule has 128 valence electrons. The monoisotopic (exact) mass is 383 g/mol. The summed E-state index contributed by atoms with van der Waals surface area (Å²) in [5.41, 5.74) is 3.86. The Hall–Kier alpha value is -1.30. The molecule has 0 spiro atoms. The zero-order chi connectivity index (χ0) is 17.9. The zero-order valence-corrected chi connectivity index (χ0v) is 16.3. The van der Waals surface area contributed by atoms with Crippen molar-refractivity contribution in [1.82, 2.24) is 15.3 Å². The minimum atomic E-state index is -0.157. The van der Waals surface area contributed by atoms with Gasteiger partial charge in [-0.15, -0.1) is 0 Å². The number of amides is 1. The van der Waals surface area contributed by atoms with Crippen LogP contribution >= 0.6 is 35.0 Å². The van der Waals surface area contributed by atoms with E-state index in [-0.39, 0.29) is 17.7 Å². The molecule has 0 bridgehead atoms. The van der Waals surface area contributed by atoms with Gasteiger partial charge in [-0.05, 0) is 51.0 Å². The SMILES string of the molecule is Cc1nc(SCC(=O)N[C@H](C)c2ccc(Cl)c(Cl)c2)nc(C)c1C. The summed E-state index contributed by atoms with van der Waals surface area (Å²) in [6.45, 7) is 7.78. The van der Waals surface area contributed by atoms with E-state index in [9.17, 15) is 4.79 Å². The van der Waals surface area contributed by atoms with Crippen molar-refractivity contribution in [2.45, 2.75) is 38.9 Å². The molecule has 1 amide bonds. The molecule has 0 aliphatic heterocycles. The van der Waals surface area contributed by atoms with Gasteiger partial charge in [0.2, 0.25) is 5.91 Å². The summed E-state index contributed by atoms with van der Waals surface area (Å²) in [6, 6.07) is 5.18. The molecular formula is C17H19Cl2N3OS. The lowest BCUT2D eigenvalue weighted by Crippen LogP contribution is -2.28. The predicted octanol–water partition coefficient (Wildman–Crippen LogP) is 4.68. The van der Waals surface area contributed by atoms with Gasteiger partial charge in [0, 0.05) is 11.4 Å². The first-order valence-corrected chi connectivity index (χ1v) is 9.21. The number of aryl methyl sites for hydroxylation is 2. The molecule has 24 heavy (non-hydrogen) atoms. The summed E-state index contributed by atoms with van der Waals surface area (Å²) in [6.07, 6.45) is 0. The second kappa shape index (κ2) is 8.19. The topological polar surface area (TPSA) is 54.9 Å². The van der Waals surface area contributed by atoms with Crippen LogP contribution in [0.5, 0.6) is 0 Å². The Balaban J connectivity index is 1.94. The Labute approximate surface area is 156 Å². The van der Waals surface area contributed by atoms with Gasteiger partial charge in [0.05, 0.1) is 21.8 Å². The van der Waals surface area contributed by atoms with Crippen molar-refractivity contribution in [2.75, 3.05) is 5.75 Å². The molecule has 7 heteroatoms. The highest BCUT2D eigenvalue weighted by molar-refractivity contribution is 7.99. The largest absolute Gasteiger partial charge is 0.349 e. The summed E-state index contributed by atoms with van der Waals surface area (Å²) < 4.78 is 0. The number of aromatic nitrogens is 2. The Bertz CT molecular complexity index is 744. The van der Waals surface area contributed by atoms with E-state index in [0.717, 1.165) is 22.5 Å². The maximum Gasteiger partial charge on any atom is 0.230 e. The van der Waals surface area contributed by atoms with Gasteiger partial charge in [0.15, 0.2) is 5.16 Å². The molecule has 1 aromatic carbocycles. The van der Waals surface area contributed by atoms with Crippen LogP contribution in [0.25, 0.3) is 0 Å². The highest BCUT2D eigenvalue weighted by Gasteiger charge is 2.13. The van der Waals surface area contributed by atoms with Crippen LogP contribution in [0.1, 0.15) is 35.5 Å². The fourth-order valence-electron chi connectivity index (χ4n) is 2.08. The van der Waals surface area contributed by atoms with E-state index in [4.69, 9.17) is 23.2 Å². The van der Waals surface area contributed by atoms with Crippen molar-refractivity contribution >= 4 is 40.9 Å². The molecule has 1 heterocycles. The molecule has 2 rings (SSSR count). The van der Waals surface area contributed by atoms with Crippen LogP contribution in [0, 0.1) is 20.8 Å². The smallest absolute Gasteiger partial charge is 0.230 e. The first-order valence-electron chi connectivity index (χ1n) is 7.47. The van der Waals surface area contributed by atoms with E-state index in [1.807, 2.05) is 33.8 Å². The molecule has 1 N–H and O–H groups in total. The number of carbonyl (C=O) groups is 1. The van der Waals surface area contributed by atoms with Crippen molar-refractivity contribution in [3.8, 4) is 0 Å². The number of nitrogens with one attached hydrogen (secondary N) is 1. The molecule has 0 saturated carbocycles. The highest BCUT2D eigenvalue weighted by atomic mass is 35.5. The number of hydrogen-bond acceptors (Lipinski definition) is 4. The minimum absolute atomic E-state index is 0.0851. The minimum Gasteiger partial charge on any atom is -0.349 e. The van der Waals surface area contributed by atoms with Gasteiger partial charge >= 0.3 is 0 Å². The lowest BCUT2D eigenvalue weighted by Gasteiger charge is -2.15. The molecule has 1 atom stereocenters. The molecule has 0 unspecified atom stereocenters. The predicted molar refractivity (Wildman–Crippen MR) is 100.0 cm³/mol. The number of hydrogen-bond donors (Lipinski definition) is 1. The van der Waals surface area contributed by atoms with Gasteiger partial charge in [-0.25, -0.2) is 9.97 Å². The maximum absolute atomic E-state index is 12.1. The third kappa shape index (κ3) is 4.85. The maximum atomic E-state index is 12.1. The van der Waals surface area contributed by atoms with E-state index < -0.39 is 0 Å². The number of benzene rings is 1. The van der Waals surface area contributed by atoms with Crippen LogP contribution in [-0.4, -0.2) is 21.6 Å². The van der Waals surface area contributed by atoms with Gasteiger partial charge < -0.3 is 5.32 Å². The molecule has 2 aromatic rings. The number of thioether (sulfide) groups is 1. The number of nitrogens with zero attached hydrogens (tertiary/aromatic N) is 2. The van der Waals surface area contributed by atoms with Crippen molar-refractivity contribution in [2.24, 2.45) is 0 Å². The second-order valence-electron chi connectivity index (χ2n) is 5.55. The van der Waals surface area contributed by atoms with Crippen molar-refractivity contribution < 1.29 is 4.79 Å². The first-order chi connectivity index (χ1) is 11.3. The van der Waals surface area contributed by atoms with Gasteiger partial charge in [-0.1, -0.05) is 41.0 Å². The molecule has 1 aromatic heterocycles. The van der Waals surface area contributed by atoms with Crippen LogP contribution in [0.15, 0.2) is 23.4 Å². The summed E-state index contributed by atoms with van der Waals surface area (Å²) in [5.74, 6) is 0.172. The fourth-order valence-corrected chi connectivity index (χ4v) is 3.14. The Kier molecular flexibility index (Phi) is 6.49. The molecule has 0 saturated heterocycles. The van der Waals surface area contributed by atoms with Gasteiger partial charge in [0.1, 0.15) is 0 Å². The quantitative estimate of drug-likeness (QED) is 0.601. The van der Waals surface area contributed by atoms with Crippen LogP contribution in [0.2, 0.25) is 10.0 Å². The highest BCUT2D eigenvalue weighted by Crippen LogP contribution is 2.25. The molecule has 4 nitrogen and oxygen atoms in total. The number of carbonyl (C=O) groups excluding carboxylic acids is 1. The van der Waals surface area contributed by atoms with Gasteiger partial charge in [-0.2, -0.15) is 0 Å². The van der Waals surface area contributed by atoms with E-state index in [1.54, 1.807) is 12.1 Å². The normalized spacial score (nSPS) is 12.1. The molecule has 0 aliphatic rings. The molecular weight excluding hydrogens is 365 g/mol. The summed E-state index contributed by atoms with van der Waals surface area (Å²) >= 11 is 13.2. The van der Waals surface area contributed by atoms with E-state index in [0.29, 0.717) is 15.2 Å². The van der Waals surface area contributed by atoms with E-state index >= 15 is 0 Å². The van der Waals surface area contributed by atoms with Gasteiger partial charge in [0.25, 0.3) is 0 Å². The van der Waals surface area contributed by atoms with Crippen molar-refractivity contribution in [1.29, 1.82) is 0 Å². The zero-order valence-electron chi connectivity index (χ0n) is 14.0. The molecule has 0 radical (unpaired) electrons. The van der Waals surface area contributed by atoms with Gasteiger partial charge in [-0.3, -0.25) is 4.79 Å². The lowest BCUT2D eigenvalue weighted by atomic mass is 10.1. The average molecular weight is 384 g/mol. The summed E-state index contributed by atoms with van der Waals surface area (Å²) in [4.78, 5) is 20.9. The average Bonchev–Trinajstić information content (AvgIpc) is 2.53. The van der Waals surface area contributed by atoms with E-state index in [2.05, 4.69) is 15.3 Å². The van der Waals surface area contributed by atoms with Crippen LogP contribution < -0.4 is 5.32 Å². The third-order valence-corrected chi connectivity index (χ3v) is 5.35. The number of rotatable bonds is 5. The first kappa shape index (κ1) is 19.0. The van der Waals surface area contributed by atoms with Crippen LogP contribution in [-0.2, 0) is 4.79 Å². The van der Waals surface area contributed by atoms with Crippen LogP contribution in [0.4, 0.5) is 0 Å². The standard InChI is InChI=1S/C17H19Cl2N3OS/c1-9-10(2)21-17(22-11(9)3)24-8-16(23)20-12(4)13-5-6-14(18)15(19)7-13/h5-7,12H,8H2,1-4H3,(H,20,23)/t12-/m1/s1. The number of halogens is 2. The van der Waals surface area contributed by atoms with Crippen molar-refractivity contribution in [3.63, 3.8) is 0 Å². The Morgan fingerprint density at radius 1 is 1.17 bits per heavy atom. The Morgan fingerprint density at radius 3 is 2.38 bits per heavy atom.